The molecular formula is C11H10N2O. The molecule has 70 valence electrons. The Bertz CT molecular complexity index is 462. The first-order valence-corrected chi connectivity index (χ1v) is 4.60. The fourth-order valence-electron chi connectivity index (χ4n) is 1.63. The van der Waals surface area contributed by atoms with Gasteiger partial charge in [-0.25, -0.2) is 0 Å². The van der Waals surface area contributed by atoms with Gasteiger partial charge in [0.15, 0.2) is 5.75 Å². The highest BCUT2D eigenvalue weighted by atomic mass is 16.5. The van der Waals surface area contributed by atoms with E-state index in [1.54, 1.807) is 0 Å². The third kappa shape index (κ3) is 1.06. The minimum absolute atomic E-state index is 0.801. The van der Waals surface area contributed by atoms with Gasteiger partial charge in [-0.2, -0.15) is 0 Å². The van der Waals surface area contributed by atoms with Crippen molar-refractivity contribution in [3.63, 3.8) is 0 Å². The number of nitrogens with one attached hydrogen (secondary N) is 2. The molecule has 3 heteroatoms. The number of fused-ring (bicyclic) bond motifs is 2. The number of rotatable bonds is 0. The van der Waals surface area contributed by atoms with E-state index in [1.165, 1.54) is 0 Å². The van der Waals surface area contributed by atoms with Crippen LogP contribution < -0.4 is 10.1 Å². The Hall–Kier alpha value is -1.90. The lowest BCUT2D eigenvalue weighted by atomic mass is 10.3. The van der Waals surface area contributed by atoms with Crippen molar-refractivity contribution in [2.24, 2.45) is 0 Å². The maximum absolute atomic E-state index is 5.75. The molecule has 2 N–H and O–H groups in total. The summed E-state index contributed by atoms with van der Waals surface area (Å²) < 4.78 is 5.75. The van der Waals surface area contributed by atoms with Crippen molar-refractivity contribution in [1.82, 2.24) is 4.98 Å². The summed E-state index contributed by atoms with van der Waals surface area (Å²) in [5, 5.41) is 3.32. The maximum Gasteiger partial charge on any atom is 0.150 e. The molecule has 1 aromatic carbocycles. The molecule has 0 bridgehead atoms. The van der Waals surface area contributed by atoms with Gasteiger partial charge in [0, 0.05) is 24.5 Å². The van der Waals surface area contributed by atoms with Gasteiger partial charge in [0.1, 0.15) is 5.75 Å². The number of H-pyrrole nitrogens is 1. The maximum atomic E-state index is 5.75. The van der Waals surface area contributed by atoms with Crippen molar-refractivity contribution >= 4 is 5.69 Å². The SMILES string of the molecule is c1ccc2c(c1)NCc1c[nH]cc1O2. The number of ether oxygens (including phenoxy) is 1. The Labute approximate surface area is 81.7 Å². The van der Waals surface area contributed by atoms with E-state index in [-0.39, 0.29) is 0 Å². The number of hydrogen-bond donors (Lipinski definition) is 2. The number of hydrogen-bond acceptors (Lipinski definition) is 2. The highest BCUT2D eigenvalue weighted by molar-refractivity contribution is 5.60. The van der Waals surface area contributed by atoms with E-state index >= 15 is 0 Å². The van der Waals surface area contributed by atoms with Crippen LogP contribution in [0.25, 0.3) is 0 Å². The van der Waals surface area contributed by atoms with E-state index < -0.39 is 0 Å². The number of para-hydroxylation sites is 2. The summed E-state index contributed by atoms with van der Waals surface area (Å²) >= 11 is 0. The quantitative estimate of drug-likeness (QED) is 0.663. The summed E-state index contributed by atoms with van der Waals surface area (Å²) in [5.74, 6) is 1.79. The summed E-state index contributed by atoms with van der Waals surface area (Å²) in [6, 6.07) is 7.95. The van der Waals surface area contributed by atoms with Gasteiger partial charge >= 0.3 is 0 Å². The fourth-order valence-corrected chi connectivity index (χ4v) is 1.63. The lowest BCUT2D eigenvalue weighted by Gasteiger charge is -2.05. The van der Waals surface area contributed by atoms with Crippen molar-refractivity contribution in [2.75, 3.05) is 5.32 Å². The molecule has 0 aliphatic carbocycles. The van der Waals surface area contributed by atoms with E-state index in [9.17, 15) is 0 Å². The van der Waals surface area contributed by atoms with Gasteiger partial charge in [-0.1, -0.05) is 12.1 Å². The monoisotopic (exact) mass is 186 g/mol. The van der Waals surface area contributed by atoms with Crippen LogP contribution in [-0.2, 0) is 6.54 Å². The van der Waals surface area contributed by atoms with Crippen LogP contribution in [0.3, 0.4) is 0 Å². The van der Waals surface area contributed by atoms with Gasteiger partial charge in [-0.15, -0.1) is 0 Å². The number of benzene rings is 1. The molecule has 1 aromatic heterocycles. The van der Waals surface area contributed by atoms with Crippen molar-refractivity contribution in [3.8, 4) is 11.5 Å². The Morgan fingerprint density at radius 2 is 2.00 bits per heavy atom. The molecule has 0 amide bonds. The first kappa shape index (κ1) is 7.50. The summed E-state index contributed by atoms with van der Waals surface area (Å²) in [6.07, 6.45) is 3.83. The van der Waals surface area contributed by atoms with Crippen LogP contribution in [0.4, 0.5) is 5.69 Å². The molecule has 3 rings (SSSR count). The van der Waals surface area contributed by atoms with Gasteiger partial charge < -0.3 is 15.0 Å². The molecule has 0 fully saturated rings. The second-order valence-corrected chi connectivity index (χ2v) is 3.30. The smallest absolute Gasteiger partial charge is 0.150 e. The average molecular weight is 186 g/mol. The Morgan fingerprint density at radius 1 is 1.07 bits per heavy atom. The third-order valence-corrected chi connectivity index (χ3v) is 2.36. The molecule has 0 radical (unpaired) electrons. The third-order valence-electron chi connectivity index (χ3n) is 2.36. The van der Waals surface area contributed by atoms with Crippen LogP contribution in [0.1, 0.15) is 5.56 Å². The summed E-state index contributed by atoms with van der Waals surface area (Å²) in [6.45, 7) is 0.801. The zero-order valence-corrected chi connectivity index (χ0v) is 7.58. The van der Waals surface area contributed by atoms with Crippen molar-refractivity contribution in [3.05, 3.63) is 42.2 Å². The van der Waals surface area contributed by atoms with Gasteiger partial charge in [-0.05, 0) is 12.1 Å². The van der Waals surface area contributed by atoms with Crippen LogP contribution in [0, 0.1) is 0 Å². The molecule has 14 heavy (non-hydrogen) atoms. The molecular weight excluding hydrogens is 176 g/mol. The molecule has 2 aromatic rings. The molecule has 0 saturated carbocycles. The highest BCUT2D eigenvalue weighted by Crippen LogP contribution is 2.34. The topological polar surface area (TPSA) is 37.0 Å². The van der Waals surface area contributed by atoms with Gasteiger partial charge in [0.05, 0.1) is 5.69 Å². The molecule has 0 spiro atoms. The van der Waals surface area contributed by atoms with E-state index in [0.717, 1.165) is 29.3 Å². The van der Waals surface area contributed by atoms with Crippen LogP contribution in [-0.4, -0.2) is 4.98 Å². The molecule has 1 aliphatic heterocycles. The lowest BCUT2D eigenvalue weighted by Crippen LogP contribution is -1.95. The van der Waals surface area contributed by atoms with E-state index in [0.29, 0.717) is 0 Å². The zero-order valence-electron chi connectivity index (χ0n) is 7.58. The van der Waals surface area contributed by atoms with Crippen LogP contribution in [0.5, 0.6) is 11.5 Å². The lowest BCUT2D eigenvalue weighted by molar-refractivity contribution is 0.485. The number of aromatic amines is 1. The molecule has 1 aliphatic rings. The first-order chi connectivity index (χ1) is 6.93. The first-order valence-electron chi connectivity index (χ1n) is 4.60. The van der Waals surface area contributed by atoms with Crippen LogP contribution in [0.15, 0.2) is 36.7 Å². The van der Waals surface area contributed by atoms with Crippen molar-refractivity contribution < 1.29 is 4.74 Å². The Balaban J connectivity index is 2.10. The van der Waals surface area contributed by atoms with Gasteiger partial charge in [0.25, 0.3) is 0 Å². The van der Waals surface area contributed by atoms with Gasteiger partial charge in [-0.3, -0.25) is 0 Å². The minimum atomic E-state index is 0.801. The van der Waals surface area contributed by atoms with E-state index in [1.807, 2.05) is 36.7 Å². The molecule has 0 atom stereocenters. The van der Waals surface area contributed by atoms with Crippen molar-refractivity contribution in [1.29, 1.82) is 0 Å². The highest BCUT2D eigenvalue weighted by Gasteiger charge is 2.13. The van der Waals surface area contributed by atoms with Gasteiger partial charge in [0.2, 0.25) is 0 Å². The second kappa shape index (κ2) is 2.80. The second-order valence-electron chi connectivity index (χ2n) is 3.30. The molecule has 3 nitrogen and oxygen atoms in total. The largest absolute Gasteiger partial charge is 0.453 e. The predicted octanol–water partition coefficient (Wildman–Crippen LogP) is 2.73. The molecule has 0 saturated heterocycles. The molecule has 2 heterocycles. The molecule has 0 unspecified atom stereocenters. The minimum Gasteiger partial charge on any atom is -0.453 e. The normalized spacial score (nSPS) is 13.1. The van der Waals surface area contributed by atoms with Crippen LogP contribution >= 0.6 is 0 Å². The number of aromatic nitrogens is 1. The summed E-state index contributed by atoms with van der Waals surface area (Å²) in [7, 11) is 0. The van der Waals surface area contributed by atoms with E-state index in [4.69, 9.17) is 4.74 Å². The Morgan fingerprint density at radius 3 is 3.00 bits per heavy atom. The zero-order chi connectivity index (χ0) is 9.38. The average Bonchev–Trinajstić information content (AvgIpc) is 2.58. The summed E-state index contributed by atoms with van der Waals surface area (Å²) in [4.78, 5) is 3.03. The summed E-state index contributed by atoms with van der Waals surface area (Å²) in [5.41, 5.74) is 2.20. The predicted molar refractivity (Wildman–Crippen MR) is 54.6 cm³/mol. The van der Waals surface area contributed by atoms with Crippen molar-refractivity contribution in [2.45, 2.75) is 6.54 Å². The fraction of sp³-hybridized carbons (Fsp3) is 0.0909. The number of anilines is 1. The van der Waals surface area contributed by atoms with E-state index in [2.05, 4.69) is 10.3 Å². The standard InChI is InChI=1S/C11H10N2O/c1-2-4-10-9(3-1)13-6-8-5-12-7-11(8)14-10/h1-5,7,12-13H,6H2. The van der Waals surface area contributed by atoms with Crippen LogP contribution in [0.2, 0.25) is 0 Å². The Kier molecular flexibility index (Phi) is 1.50.